The number of benzene rings is 1. The van der Waals surface area contributed by atoms with Gasteiger partial charge in [-0.3, -0.25) is 0 Å². The predicted octanol–water partition coefficient (Wildman–Crippen LogP) is 2.58. The Kier molecular flexibility index (Phi) is 8.77. The number of carbonyl (C=O) groups is 2. The van der Waals surface area contributed by atoms with Gasteiger partial charge in [0.15, 0.2) is 0 Å². The molecule has 3 N–H and O–H groups in total. The standard InChI is InChI=1S/C18H28N2O5/c1-18(2,3)25-16(22)19-12-15(10-7-11-21)20-17(23)24-13-14-8-5-4-6-9-14/h4-6,8-9,15,21H,7,10-13H2,1-3H3,(H,19,22)(H,20,23)/t15-/m0/s1. The van der Waals surface area contributed by atoms with E-state index in [1.165, 1.54) is 0 Å². The van der Waals surface area contributed by atoms with Gasteiger partial charge >= 0.3 is 12.2 Å². The van der Waals surface area contributed by atoms with Crippen LogP contribution in [0.5, 0.6) is 0 Å². The third-order valence-corrected chi connectivity index (χ3v) is 3.14. The van der Waals surface area contributed by atoms with Crippen LogP contribution in [-0.2, 0) is 16.1 Å². The van der Waals surface area contributed by atoms with E-state index in [-0.39, 0.29) is 25.8 Å². The predicted molar refractivity (Wildman–Crippen MR) is 94.1 cm³/mol. The van der Waals surface area contributed by atoms with Crippen LogP contribution in [0.4, 0.5) is 9.59 Å². The van der Waals surface area contributed by atoms with Gasteiger partial charge in [-0.05, 0) is 39.2 Å². The lowest BCUT2D eigenvalue weighted by molar-refractivity contribution is 0.0519. The summed E-state index contributed by atoms with van der Waals surface area (Å²) in [5.41, 5.74) is 0.295. The number of rotatable bonds is 8. The molecular formula is C18H28N2O5. The average molecular weight is 352 g/mol. The summed E-state index contributed by atoms with van der Waals surface area (Å²) in [6.07, 6.45) is -0.120. The molecule has 140 valence electrons. The molecule has 1 rings (SSSR count). The molecule has 1 atom stereocenters. The molecule has 7 nitrogen and oxygen atoms in total. The molecule has 0 radical (unpaired) electrons. The summed E-state index contributed by atoms with van der Waals surface area (Å²) < 4.78 is 10.3. The monoisotopic (exact) mass is 352 g/mol. The molecule has 25 heavy (non-hydrogen) atoms. The number of amides is 2. The Morgan fingerprint density at radius 1 is 1.16 bits per heavy atom. The fourth-order valence-corrected chi connectivity index (χ4v) is 2.02. The van der Waals surface area contributed by atoms with Gasteiger partial charge in [-0.25, -0.2) is 9.59 Å². The van der Waals surface area contributed by atoms with Crippen LogP contribution in [0, 0.1) is 0 Å². The van der Waals surface area contributed by atoms with Crippen molar-refractivity contribution in [2.24, 2.45) is 0 Å². The fraction of sp³-hybridized carbons (Fsp3) is 0.556. The van der Waals surface area contributed by atoms with Gasteiger partial charge in [0.1, 0.15) is 12.2 Å². The van der Waals surface area contributed by atoms with Crippen molar-refractivity contribution in [1.29, 1.82) is 0 Å². The molecular weight excluding hydrogens is 324 g/mol. The first kappa shape index (κ1) is 20.8. The topological polar surface area (TPSA) is 96.9 Å². The largest absolute Gasteiger partial charge is 0.445 e. The summed E-state index contributed by atoms with van der Waals surface area (Å²) >= 11 is 0. The summed E-state index contributed by atoms with van der Waals surface area (Å²) in [4.78, 5) is 23.6. The van der Waals surface area contributed by atoms with Gasteiger partial charge in [0.05, 0.1) is 0 Å². The Morgan fingerprint density at radius 2 is 1.84 bits per heavy atom. The highest BCUT2D eigenvalue weighted by Crippen LogP contribution is 2.07. The first-order valence-corrected chi connectivity index (χ1v) is 8.35. The Hall–Kier alpha value is -2.28. The quantitative estimate of drug-likeness (QED) is 0.668. The van der Waals surface area contributed by atoms with Gasteiger partial charge in [-0.15, -0.1) is 0 Å². The average Bonchev–Trinajstić information content (AvgIpc) is 2.55. The number of nitrogens with one attached hydrogen (secondary N) is 2. The van der Waals surface area contributed by atoms with E-state index in [1.54, 1.807) is 20.8 Å². The van der Waals surface area contributed by atoms with E-state index >= 15 is 0 Å². The molecule has 0 fully saturated rings. The van der Waals surface area contributed by atoms with E-state index in [0.29, 0.717) is 12.8 Å². The highest BCUT2D eigenvalue weighted by Gasteiger charge is 2.18. The molecule has 0 spiro atoms. The molecule has 1 aromatic rings. The van der Waals surface area contributed by atoms with Gasteiger partial charge in [0, 0.05) is 19.2 Å². The molecule has 0 aliphatic heterocycles. The van der Waals surface area contributed by atoms with Crippen LogP contribution in [0.3, 0.4) is 0 Å². The summed E-state index contributed by atoms with van der Waals surface area (Å²) in [6.45, 7) is 5.68. The minimum Gasteiger partial charge on any atom is -0.445 e. The van der Waals surface area contributed by atoms with Gasteiger partial charge in [-0.1, -0.05) is 30.3 Å². The zero-order valence-electron chi connectivity index (χ0n) is 15.1. The second-order valence-corrected chi connectivity index (χ2v) is 6.65. The van der Waals surface area contributed by atoms with E-state index < -0.39 is 17.8 Å². The van der Waals surface area contributed by atoms with Crippen molar-refractivity contribution in [2.75, 3.05) is 13.2 Å². The Balaban J connectivity index is 2.42. The highest BCUT2D eigenvalue weighted by atomic mass is 16.6. The fourth-order valence-electron chi connectivity index (χ4n) is 2.02. The van der Waals surface area contributed by atoms with E-state index in [4.69, 9.17) is 14.6 Å². The third kappa shape index (κ3) is 10.2. The van der Waals surface area contributed by atoms with Crippen LogP contribution in [0.2, 0.25) is 0 Å². The van der Waals surface area contributed by atoms with E-state index in [9.17, 15) is 9.59 Å². The molecule has 0 heterocycles. The van der Waals surface area contributed by atoms with Crippen molar-refractivity contribution < 1.29 is 24.2 Å². The number of ether oxygens (including phenoxy) is 2. The zero-order chi connectivity index (χ0) is 18.7. The van der Waals surface area contributed by atoms with Crippen molar-refractivity contribution in [3.05, 3.63) is 35.9 Å². The van der Waals surface area contributed by atoms with E-state index in [0.717, 1.165) is 5.56 Å². The van der Waals surface area contributed by atoms with Gasteiger partial charge in [0.2, 0.25) is 0 Å². The van der Waals surface area contributed by atoms with E-state index in [1.807, 2.05) is 30.3 Å². The molecule has 0 saturated carbocycles. The molecule has 2 amide bonds. The van der Waals surface area contributed by atoms with Crippen molar-refractivity contribution in [3.63, 3.8) is 0 Å². The Bertz CT molecular complexity index is 528. The molecule has 0 bridgehead atoms. The maximum Gasteiger partial charge on any atom is 0.407 e. The second-order valence-electron chi connectivity index (χ2n) is 6.65. The highest BCUT2D eigenvalue weighted by molar-refractivity contribution is 5.69. The normalized spacial score (nSPS) is 12.2. The van der Waals surface area contributed by atoms with Gasteiger partial charge in [0.25, 0.3) is 0 Å². The molecule has 0 aromatic heterocycles. The summed E-state index contributed by atoms with van der Waals surface area (Å²) in [5.74, 6) is 0. The van der Waals surface area contributed by atoms with Crippen LogP contribution in [-0.4, -0.2) is 42.1 Å². The van der Waals surface area contributed by atoms with Gasteiger partial charge in [-0.2, -0.15) is 0 Å². The summed E-state index contributed by atoms with van der Waals surface area (Å²) in [5, 5.41) is 14.3. The Labute approximate surface area is 148 Å². The summed E-state index contributed by atoms with van der Waals surface area (Å²) in [7, 11) is 0. The number of hydrogen-bond acceptors (Lipinski definition) is 5. The van der Waals surface area contributed by atoms with Crippen LogP contribution >= 0.6 is 0 Å². The lowest BCUT2D eigenvalue weighted by Crippen LogP contribution is -2.45. The van der Waals surface area contributed by atoms with Crippen molar-refractivity contribution >= 4 is 12.2 Å². The van der Waals surface area contributed by atoms with Crippen molar-refractivity contribution in [3.8, 4) is 0 Å². The second kappa shape index (κ2) is 10.6. The molecule has 0 aliphatic carbocycles. The van der Waals surface area contributed by atoms with Crippen molar-refractivity contribution in [2.45, 2.75) is 51.9 Å². The first-order valence-electron chi connectivity index (χ1n) is 8.35. The minimum absolute atomic E-state index is 0.00365. The van der Waals surface area contributed by atoms with Crippen LogP contribution < -0.4 is 10.6 Å². The smallest absolute Gasteiger partial charge is 0.407 e. The molecule has 0 saturated heterocycles. The summed E-state index contributed by atoms with van der Waals surface area (Å²) in [6, 6.07) is 8.98. The van der Waals surface area contributed by atoms with Crippen LogP contribution in [0.25, 0.3) is 0 Å². The number of aliphatic hydroxyl groups excluding tert-OH is 1. The lowest BCUT2D eigenvalue weighted by atomic mass is 10.1. The third-order valence-electron chi connectivity index (χ3n) is 3.14. The maximum absolute atomic E-state index is 11.9. The molecule has 0 unspecified atom stereocenters. The van der Waals surface area contributed by atoms with Gasteiger partial charge < -0.3 is 25.2 Å². The zero-order valence-corrected chi connectivity index (χ0v) is 15.1. The number of alkyl carbamates (subject to hydrolysis) is 2. The maximum atomic E-state index is 11.9. The van der Waals surface area contributed by atoms with Crippen LogP contribution in [0.15, 0.2) is 30.3 Å². The van der Waals surface area contributed by atoms with E-state index in [2.05, 4.69) is 10.6 Å². The Morgan fingerprint density at radius 3 is 2.44 bits per heavy atom. The molecule has 7 heteroatoms. The molecule has 0 aliphatic rings. The van der Waals surface area contributed by atoms with Crippen molar-refractivity contribution in [1.82, 2.24) is 10.6 Å². The number of carbonyl (C=O) groups excluding carboxylic acids is 2. The SMILES string of the molecule is CC(C)(C)OC(=O)NC[C@H](CCCO)NC(=O)OCc1ccccc1. The first-order chi connectivity index (χ1) is 11.8. The minimum atomic E-state index is -0.591. The lowest BCUT2D eigenvalue weighted by Gasteiger charge is -2.22. The molecule has 1 aromatic carbocycles. The van der Waals surface area contributed by atoms with Crippen LogP contribution in [0.1, 0.15) is 39.2 Å². The number of aliphatic hydroxyl groups is 1. The number of hydrogen-bond donors (Lipinski definition) is 3.